The number of carbonyl (C=O) groups is 1. The van der Waals surface area contributed by atoms with E-state index < -0.39 is 10.0 Å². The van der Waals surface area contributed by atoms with Crippen molar-refractivity contribution >= 4 is 43.2 Å². The summed E-state index contributed by atoms with van der Waals surface area (Å²) in [5.41, 5.74) is 3.60. The third kappa shape index (κ3) is 4.18. The smallest absolute Gasteiger partial charge is 0.243 e. The first-order valence-electron chi connectivity index (χ1n) is 8.37. The maximum Gasteiger partial charge on any atom is 0.243 e. The minimum Gasteiger partial charge on any atom is -0.325 e. The molecule has 0 saturated carbocycles. The van der Waals surface area contributed by atoms with Gasteiger partial charge in [-0.2, -0.15) is 4.31 Å². The molecule has 0 aliphatic carbocycles. The topological polar surface area (TPSA) is 79.4 Å². The molecule has 6 nitrogen and oxygen atoms in total. The van der Waals surface area contributed by atoms with Crippen molar-refractivity contribution in [2.45, 2.75) is 25.7 Å². The van der Waals surface area contributed by atoms with Crippen LogP contribution < -0.4 is 5.32 Å². The van der Waals surface area contributed by atoms with Gasteiger partial charge in [0, 0.05) is 12.7 Å². The largest absolute Gasteiger partial charge is 0.325 e. The Bertz CT molecular complexity index is 1120. The molecule has 8 heteroatoms. The number of aromatic nitrogens is 1. The van der Waals surface area contributed by atoms with Crippen molar-refractivity contribution in [3.05, 3.63) is 52.5 Å². The Morgan fingerprint density at radius 3 is 2.56 bits per heavy atom. The number of benzene rings is 2. The van der Waals surface area contributed by atoms with E-state index >= 15 is 0 Å². The van der Waals surface area contributed by atoms with Gasteiger partial charge >= 0.3 is 0 Å². The molecule has 0 spiro atoms. The second kappa shape index (κ2) is 7.38. The summed E-state index contributed by atoms with van der Waals surface area (Å²) in [4.78, 5) is 16.8. The van der Waals surface area contributed by atoms with Crippen LogP contribution >= 0.6 is 11.3 Å². The summed E-state index contributed by atoms with van der Waals surface area (Å²) in [6, 6.07) is 10.4. The standard InChI is InChI=1S/C19H21N3O3S2/c1-12-5-6-15(9-13(12)2)21-19(23)11-22(4)27(24,25)16-7-8-17-18(10-16)26-14(3)20-17/h5-10H,11H2,1-4H3,(H,21,23). The van der Waals surface area contributed by atoms with Crippen molar-refractivity contribution in [2.24, 2.45) is 0 Å². The molecule has 3 rings (SSSR count). The van der Waals surface area contributed by atoms with Crippen LogP contribution in [0.15, 0.2) is 41.3 Å². The van der Waals surface area contributed by atoms with Crippen LogP contribution in [-0.2, 0) is 14.8 Å². The lowest BCUT2D eigenvalue weighted by Crippen LogP contribution is -2.34. The molecular weight excluding hydrogens is 382 g/mol. The highest BCUT2D eigenvalue weighted by atomic mass is 32.2. The maximum absolute atomic E-state index is 12.8. The predicted octanol–water partition coefficient (Wildman–Crippen LogP) is 3.48. The van der Waals surface area contributed by atoms with E-state index in [0.717, 1.165) is 30.7 Å². The van der Waals surface area contributed by atoms with Crippen molar-refractivity contribution in [1.82, 2.24) is 9.29 Å². The lowest BCUT2D eigenvalue weighted by molar-refractivity contribution is -0.116. The first-order chi connectivity index (χ1) is 12.7. The molecule has 0 aliphatic rings. The van der Waals surface area contributed by atoms with E-state index in [0.29, 0.717) is 5.69 Å². The number of amides is 1. The quantitative estimate of drug-likeness (QED) is 0.707. The van der Waals surface area contributed by atoms with E-state index in [9.17, 15) is 13.2 Å². The molecule has 0 radical (unpaired) electrons. The predicted molar refractivity (Wildman–Crippen MR) is 109 cm³/mol. The number of likely N-dealkylation sites (N-methyl/N-ethyl adjacent to an activating group) is 1. The van der Waals surface area contributed by atoms with Crippen molar-refractivity contribution in [1.29, 1.82) is 0 Å². The molecule has 0 unspecified atom stereocenters. The van der Waals surface area contributed by atoms with E-state index in [2.05, 4.69) is 10.3 Å². The van der Waals surface area contributed by atoms with Gasteiger partial charge in [0.2, 0.25) is 15.9 Å². The van der Waals surface area contributed by atoms with Gasteiger partial charge in [0.05, 0.1) is 26.7 Å². The zero-order chi connectivity index (χ0) is 19.8. The van der Waals surface area contributed by atoms with E-state index in [1.165, 1.54) is 24.5 Å². The number of anilines is 1. The van der Waals surface area contributed by atoms with Crippen LogP contribution in [0, 0.1) is 20.8 Å². The minimum absolute atomic E-state index is 0.153. The number of nitrogens with one attached hydrogen (secondary N) is 1. The zero-order valence-corrected chi connectivity index (χ0v) is 17.2. The summed E-state index contributed by atoms with van der Waals surface area (Å²) in [6.45, 7) is 5.55. The average Bonchev–Trinajstić information content (AvgIpc) is 2.97. The number of rotatable bonds is 5. The molecule has 0 atom stereocenters. The van der Waals surface area contributed by atoms with Gasteiger partial charge in [-0.3, -0.25) is 4.79 Å². The Labute approximate surface area is 162 Å². The van der Waals surface area contributed by atoms with Crippen LogP contribution in [0.4, 0.5) is 5.69 Å². The summed E-state index contributed by atoms with van der Waals surface area (Å²) >= 11 is 1.44. The summed E-state index contributed by atoms with van der Waals surface area (Å²) in [7, 11) is -2.37. The van der Waals surface area contributed by atoms with E-state index in [1.807, 2.05) is 32.9 Å². The summed E-state index contributed by atoms with van der Waals surface area (Å²) in [5.74, 6) is -0.390. The Morgan fingerprint density at radius 1 is 1.11 bits per heavy atom. The van der Waals surface area contributed by atoms with E-state index in [1.54, 1.807) is 18.2 Å². The first-order valence-corrected chi connectivity index (χ1v) is 10.6. The van der Waals surface area contributed by atoms with Crippen LogP contribution in [0.3, 0.4) is 0 Å². The molecule has 3 aromatic rings. The Balaban J connectivity index is 1.75. The SMILES string of the molecule is Cc1nc2ccc(S(=O)(=O)N(C)CC(=O)Nc3ccc(C)c(C)c3)cc2s1. The fraction of sp³-hybridized carbons (Fsp3) is 0.263. The molecule has 0 saturated heterocycles. The number of hydrogen-bond acceptors (Lipinski definition) is 5. The van der Waals surface area contributed by atoms with E-state index in [4.69, 9.17) is 0 Å². The van der Waals surface area contributed by atoms with Crippen molar-refractivity contribution < 1.29 is 13.2 Å². The van der Waals surface area contributed by atoms with Crippen molar-refractivity contribution in [2.75, 3.05) is 18.9 Å². The molecule has 1 amide bonds. The highest BCUT2D eigenvalue weighted by Gasteiger charge is 2.23. The lowest BCUT2D eigenvalue weighted by atomic mass is 10.1. The maximum atomic E-state index is 12.8. The van der Waals surface area contributed by atoms with Gasteiger partial charge < -0.3 is 5.32 Å². The van der Waals surface area contributed by atoms with Crippen LogP contribution in [0.25, 0.3) is 10.2 Å². The molecule has 1 N–H and O–H groups in total. The van der Waals surface area contributed by atoms with E-state index in [-0.39, 0.29) is 17.3 Å². The molecule has 1 aromatic heterocycles. The Kier molecular flexibility index (Phi) is 5.32. The van der Waals surface area contributed by atoms with Gasteiger partial charge in [0.25, 0.3) is 0 Å². The second-order valence-electron chi connectivity index (χ2n) is 6.47. The first kappa shape index (κ1) is 19.5. The molecule has 1 heterocycles. The molecule has 0 aliphatic heterocycles. The van der Waals surface area contributed by atoms with Gasteiger partial charge in [-0.1, -0.05) is 6.07 Å². The number of thiazole rings is 1. The number of aryl methyl sites for hydroxylation is 3. The third-order valence-electron chi connectivity index (χ3n) is 4.33. The van der Waals surface area contributed by atoms with Gasteiger partial charge in [0.1, 0.15) is 0 Å². The molecule has 2 aromatic carbocycles. The van der Waals surface area contributed by atoms with Crippen LogP contribution in [0.5, 0.6) is 0 Å². The summed E-state index contributed by atoms with van der Waals surface area (Å²) in [5, 5.41) is 3.62. The van der Waals surface area contributed by atoms with Crippen LogP contribution in [-0.4, -0.2) is 37.2 Å². The van der Waals surface area contributed by atoms with Gasteiger partial charge in [-0.05, 0) is 62.2 Å². The number of carbonyl (C=O) groups excluding carboxylic acids is 1. The number of nitrogens with zero attached hydrogens (tertiary/aromatic N) is 2. The minimum atomic E-state index is -3.77. The molecule has 142 valence electrons. The molecule has 27 heavy (non-hydrogen) atoms. The second-order valence-corrected chi connectivity index (χ2v) is 9.75. The van der Waals surface area contributed by atoms with Gasteiger partial charge in [0.15, 0.2) is 0 Å². The normalized spacial score (nSPS) is 11.9. The molecule has 0 fully saturated rings. The fourth-order valence-corrected chi connectivity index (χ4v) is 4.76. The monoisotopic (exact) mass is 403 g/mol. The zero-order valence-electron chi connectivity index (χ0n) is 15.6. The summed E-state index contributed by atoms with van der Waals surface area (Å²) < 4.78 is 27.5. The summed E-state index contributed by atoms with van der Waals surface area (Å²) in [6.07, 6.45) is 0. The fourth-order valence-electron chi connectivity index (χ4n) is 2.67. The Hall–Kier alpha value is -2.29. The molecular formula is C19H21N3O3S2. The van der Waals surface area contributed by atoms with Crippen molar-refractivity contribution in [3.8, 4) is 0 Å². The van der Waals surface area contributed by atoms with Crippen LogP contribution in [0.1, 0.15) is 16.1 Å². The highest BCUT2D eigenvalue weighted by Crippen LogP contribution is 2.26. The molecule has 0 bridgehead atoms. The number of fused-ring (bicyclic) bond motifs is 1. The van der Waals surface area contributed by atoms with Gasteiger partial charge in [-0.25, -0.2) is 13.4 Å². The van der Waals surface area contributed by atoms with Gasteiger partial charge in [-0.15, -0.1) is 11.3 Å². The number of hydrogen-bond donors (Lipinski definition) is 1. The van der Waals surface area contributed by atoms with Crippen molar-refractivity contribution in [3.63, 3.8) is 0 Å². The lowest BCUT2D eigenvalue weighted by Gasteiger charge is -2.17. The third-order valence-corrected chi connectivity index (χ3v) is 7.06. The Morgan fingerprint density at radius 2 is 1.85 bits per heavy atom. The van der Waals surface area contributed by atoms with Crippen LogP contribution in [0.2, 0.25) is 0 Å². The average molecular weight is 404 g/mol. The highest BCUT2D eigenvalue weighted by molar-refractivity contribution is 7.89. The number of sulfonamides is 1.